The van der Waals surface area contributed by atoms with Crippen LogP contribution in [0.5, 0.6) is 0 Å². The molecule has 1 N–H and O–H groups in total. The fourth-order valence-electron chi connectivity index (χ4n) is 4.09. The van der Waals surface area contributed by atoms with Crippen molar-refractivity contribution in [1.82, 2.24) is 25.0 Å². The molecule has 0 radical (unpaired) electrons. The Morgan fingerprint density at radius 3 is 2.84 bits per heavy atom. The number of aryl methyl sites for hydroxylation is 1. The van der Waals surface area contributed by atoms with E-state index in [4.69, 9.17) is 0 Å². The van der Waals surface area contributed by atoms with Crippen molar-refractivity contribution in [2.45, 2.75) is 38.1 Å². The van der Waals surface area contributed by atoms with Crippen LogP contribution in [0, 0.1) is 5.92 Å². The van der Waals surface area contributed by atoms with Gasteiger partial charge in [-0.25, -0.2) is 9.78 Å². The number of benzene rings is 1. The first kappa shape index (κ1) is 16.1. The summed E-state index contributed by atoms with van der Waals surface area (Å²) < 4.78 is 1.89. The minimum atomic E-state index is 0.0867. The Kier molecular flexibility index (Phi) is 4.68. The molecule has 2 aliphatic rings. The summed E-state index contributed by atoms with van der Waals surface area (Å²) in [5, 5.41) is 7.32. The van der Waals surface area contributed by atoms with Gasteiger partial charge in [-0.1, -0.05) is 24.3 Å². The van der Waals surface area contributed by atoms with Crippen molar-refractivity contribution in [3.05, 3.63) is 48.0 Å². The van der Waals surface area contributed by atoms with E-state index < -0.39 is 0 Å². The Morgan fingerprint density at radius 2 is 2.04 bits per heavy atom. The molecule has 1 fully saturated rings. The number of aromatic nitrogens is 3. The van der Waals surface area contributed by atoms with Gasteiger partial charge in [0.05, 0.1) is 0 Å². The highest BCUT2D eigenvalue weighted by atomic mass is 16.2. The minimum absolute atomic E-state index is 0.0867. The van der Waals surface area contributed by atoms with E-state index in [1.54, 1.807) is 12.7 Å². The first-order chi connectivity index (χ1) is 12.3. The van der Waals surface area contributed by atoms with Crippen LogP contribution in [0.3, 0.4) is 0 Å². The number of carbonyl (C=O) groups is 1. The Morgan fingerprint density at radius 1 is 1.20 bits per heavy atom. The minimum Gasteiger partial charge on any atom is -0.337 e. The van der Waals surface area contributed by atoms with Crippen molar-refractivity contribution < 1.29 is 4.79 Å². The number of urea groups is 1. The fraction of sp³-hybridized carbons (Fsp3) is 0.526. The Bertz CT molecular complexity index is 706. The Balaban J connectivity index is 1.23. The van der Waals surface area contributed by atoms with E-state index in [1.165, 1.54) is 11.1 Å². The lowest BCUT2D eigenvalue weighted by molar-refractivity contribution is 0.163. The molecule has 132 valence electrons. The first-order valence-corrected chi connectivity index (χ1v) is 9.22. The van der Waals surface area contributed by atoms with Gasteiger partial charge in [0, 0.05) is 32.1 Å². The maximum atomic E-state index is 12.5. The molecule has 2 heterocycles. The topological polar surface area (TPSA) is 63.1 Å². The summed E-state index contributed by atoms with van der Waals surface area (Å²) >= 11 is 0. The molecule has 1 aromatic carbocycles. The molecule has 1 aliphatic heterocycles. The van der Waals surface area contributed by atoms with Crippen LogP contribution in [-0.4, -0.2) is 45.3 Å². The van der Waals surface area contributed by atoms with Gasteiger partial charge in [0.15, 0.2) is 0 Å². The summed E-state index contributed by atoms with van der Waals surface area (Å²) in [5.74, 6) is 1.04. The van der Waals surface area contributed by atoms with Gasteiger partial charge in [-0.05, 0) is 42.7 Å². The Hall–Kier alpha value is -2.37. The zero-order valence-electron chi connectivity index (χ0n) is 14.5. The van der Waals surface area contributed by atoms with Crippen LogP contribution in [0.1, 0.15) is 36.3 Å². The number of nitrogens with one attached hydrogen (secondary N) is 1. The van der Waals surface area contributed by atoms with Gasteiger partial charge >= 0.3 is 6.03 Å². The monoisotopic (exact) mass is 339 g/mol. The highest BCUT2D eigenvalue weighted by Gasteiger charge is 2.26. The predicted octanol–water partition coefficient (Wildman–Crippen LogP) is 2.43. The van der Waals surface area contributed by atoms with E-state index in [2.05, 4.69) is 39.7 Å². The third-order valence-corrected chi connectivity index (χ3v) is 5.57. The summed E-state index contributed by atoms with van der Waals surface area (Å²) in [6, 6.07) is 8.69. The van der Waals surface area contributed by atoms with Crippen molar-refractivity contribution >= 4 is 6.03 Å². The number of fused-ring (bicyclic) bond motifs is 1. The van der Waals surface area contributed by atoms with Crippen molar-refractivity contribution in [2.75, 3.05) is 19.6 Å². The average molecular weight is 339 g/mol. The number of piperidine rings is 1. The number of carbonyl (C=O) groups excluding carboxylic acids is 1. The SMILES string of the molecule is O=C(NC[C@H]1CCc2ccccc21)N1CCC(Cn2cncn2)CC1. The zero-order chi connectivity index (χ0) is 17.1. The normalized spacial score (nSPS) is 20.5. The zero-order valence-corrected chi connectivity index (χ0v) is 14.5. The fourth-order valence-corrected chi connectivity index (χ4v) is 4.09. The van der Waals surface area contributed by atoms with Gasteiger partial charge in [0.2, 0.25) is 0 Å². The molecule has 4 rings (SSSR count). The molecule has 1 atom stereocenters. The first-order valence-electron chi connectivity index (χ1n) is 9.22. The molecule has 2 aromatic rings. The molecule has 0 unspecified atom stereocenters. The molecule has 2 amide bonds. The van der Waals surface area contributed by atoms with E-state index in [9.17, 15) is 4.79 Å². The summed E-state index contributed by atoms with van der Waals surface area (Å²) in [4.78, 5) is 18.4. The number of likely N-dealkylation sites (tertiary alicyclic amines) is 1. The number of nitrogens with zero attached hydrogens (tertiary/aromatic N) is 4. The molecule has 25 heavy (non-hydrogen) atoms. The smallest absolute Gasteiger partial charge is 0.317 e. The average Bonchev–Trinajstić information content (AvgIpc) is 3.30. The maximum absolute atomic E-state index is 12.5. The van der Waals surface area contributed by atoms with Crippen LogP contribution < -0.4 is 5.32 Å². The second-order valence-electron chi connectivity index (χ2n) is 7.17. The van der Waals surface area contributed by atoms with Crippen molar-refractivity contribution in [3.63, 3.8) is 0 Å². The quantitative estimate of drug-likeness (QED) is 0.930. The Labute approximate surface area is 148 Å². The second-order valence-corrected chi connectivity index (χ2v) is 7.17. The van der Waals surface area contributed by atoms with Crippen molar-refractivity contribution in [1.29, 1.82) is 0 Å². The molecule has 1 aliphatic carbocycles. The molecule has 0 saturated carbocycles. The summed E-state index contributed by atoms with van der Waals surface area (Å²) in [7, 11) is 0. The summed E-state index contributed by atoms with van der Waals surface area (Å²) in [6.07, 6.45) is 7.66. The molecule has 6 heteroatoms. The van der Waals surface area contributed by atoms with Gasteiger partial charge in [-0.3, -0.25) is 4.68 Å². The molecule has 0 spiro atoms. The van der Waals surface area contributed by atoms with E-state index in [-0.39, 0.29) is 6.03 Å². The number of amides is 2. The van der Waals surface area contributed by atoms with Crippen LogP contribution >= 0.6 is 0 Å². The van der Waals surface area contributed by atoms with Gasteiger partial charge in [-0.2, -0.15) is 5.10 Å². The molecule has 1 aromatic heterocycles. The van der Waals surface area contributed by atoms with E-state index in [0.29, 0.717) is 11.8 Å². The van der Waals surface area contributed by atoms with Crippen LogP contribution in [0.4, 0.5) is 4.79 Å². The van der Waals surface area contributed by atoms with Crippen LogP contribution in [0.2, 0.25) is 0 Å². The molecular formula is C19H25N5O. The predicted molar refractivity (Wildman–Crippen MR) is 95.2 cm³/mol. The van der Waals surface area contributed by atoms with Crippen LogP contribution in [0.25, 0.3) is 0 Å². The highest BCUT2D eigenvalue weighted by molar-refractivity contribution is 5.74. The lowest BCUT2D eigenvalue weighted by atomic mass is 9.97. The third kappa shape index (κ3) is 3.67. The lowest BCUT2D eigenvalue weighted by Crippen LogP contribution is -2.45. The largest absolute Gasteiger partial charge is 0.337 e. The lowest BCUT2D eigenvalue weighted by Gasteiger charge is -2.32. The van der Waals surface area contributed by atoms with E-state index in [1.807, 2.05) is 9.58 Å². The van der Waals surface area contributed by atoms with Gasteiger partial charge in [0.1, 0.15) is 12.7 Å². The molecular weight excluding hydrogens is 314 g/mol. The molecule has 1 saturated heterocycles. The third-order valence-electron chi connectivity index (χ3n) is 5.57. The standard InChI is InChI=1S/C19H25N5O/c25-19(21-11-17-6-5-16-3-1-2-4-18(16)17)23-9-7-15(8-10-23)12-24-14-20-13-22-24/h1-4,13-15,17H,5-12H2,(H,21,25)/t17-/m1/s1. The molecule has 6 nitrogen and oxygen atoms in total. The second kappa shape index (κ2) is 7.25. The van der Waals surface area contributed by atoms with Gasteiger partial charge < -0.3 is 10.2 Å². The summed E-state index contributed by atoms with van der Waals surface area (Å²) in [6.45, 7) is 3.29. The van der Waals surface area contributed by atoms with Gasteiger partial charge in [-0.15, -0.1) is 0 Å². The van der Waals surface area contributed by atoms with Crippen molar-refractivity contribution in [2.24, 2.45) is 5.92 Å². The van der Waals surface area contributed by atoms with Crippen LogP contribution in [-0.2, 0) is 13.0 Å². The van der Waals surface area contributed by atoms with Crippen LogP contribution in [0.15, 0.2) is 36.9 Å². The number of hydrogen-bond donors (Lipinski definition) is 1. The van der Waals surface area contributed by atoms with Gasteiger partial charge in [0.25, 0.3) is 0 Å². The summed E-state index contributed by atoms with van der Waals surface area (Å²) in [5.41, 5.74) is 2.85. The highest BCUT2D eigenvalue weighted by Crippen LogP contribution is 2.32. The van der Waals surface area contributed by atoms with E-state index in [0.717, 1.165) is 51.9 Å². The maximum Gasteiger partial charge on any atom is 0.317 e. The molecule has 0 bridgehead atoms. The number of rotatable bonds is 4. The van der Waals surface area contributed by atoms with E-state index >= 15 is 0 Å². The van der Waals surface area contributed by atoms with Crippen molar-refractivity contribution in [3.8, 4) is 0 Å². The number of hydrogen-bond acceptors (Lipinski definition) is 3.